The van der Waals surface area contributed by atoms with Crippen LogP contribution in [0, 0.1) is 13.8 Å². The summed E-state index contributed by atoms with van der Waals surface area (Å²) in [6.07, 6.45) is 3.33. The van der Waals surface area contributed by atoms with Gasteiger partial charge in [-0.1, -0.05) is 53.0 Å². The molecule has 0 aliphatic heterocycles. The SMILES string of the molecule is Cc1ccc(OCn2ccc(C(=O)Nc3nn(Cc4ccc(Cl)cc4)cc3Cl)n2)c(C)c1. The molecule has 4 aromatic rings. The summed E-state index contributed by atoms with van der Waals surface area (Å²) in [7, 11) is 0. The molecule has 4 rings (SSSR count). The average Bonchev–Trinajstić information content (AvgIpc) is 3.36. The third-order valence-corrected chi connectivity index (χ3v) is 5.29. The summed E-state index contributed by atoms with van der Waals surface area (Å²) in [6.45, 7) is 4.70. The van der Waals surface area contributed by atoms with Crippen LogP contribution < -0.4 is 10.1 Å². The van der Waals surface area contributed by atoms with Gasteiger partial charge in [0.1, 0.15) is 10.8 Å². The van der Waals surface area contributed by atoms with E-state index in [1.54, 1.807) is 27.8 Å². The number of aryl methyl sites for hydroxylation is 2. The van der Waals surface area contributed by atoms with Gasteiger partial charge in [-0.15, -0.1) is 0 Å². The fourth-order valence-corrected chi connectivity index (χ4v) is 3.49. The number of halogens is 2. The summed E-state index contributed by atoms with van der Waals surface area (Å²) in [5.41, 5.74) is 3.45. The molecule has 0 saturated heterocycles. The monoisotopic (exact) mass is 469 g/mol. The molecule has 7 nitrogen and oxygen atoms in total. The molecule has 32 heavy (non-hydrogen) atoms. The van der Waals surface area contributed by atoms with Gasteiger partial charge in [-0.25, -0.2) is 4.68 Å². The molecule has 0 radical (unpaired) electrons. The van der Waals surface area contributed by atoms with Crippen LogP contribution in [0.15, 0.2) is 60.9 Å². The second-order valence-corrected chi connectivity index (χ2v) is 8.23. The Bertz CT molecular complexity index is 1250. The summed E-state index contributed by atoms with van der Waals surface area (Å²) >= 11 is 12.2. The first kappa shape index (κ1) is 21.9. The number of nitrogens with zero attached hydrogens (tertiary/aromatic N) is 4. The van der Waals surface area contributed by atoms with Crippen LogP contribution in [0.25, 0.3) is 0 Å². The van der Waals surface area contributed by atoms with Gasteiger partial charge in [0.25, 0.3) is 5.91 Å². The molecule has 9 heteroatoms. The van der Waals surface area contributed by atoms with E-state index in [0.29, 0.717) is 16.6 Å². The molecule has 0 saturated carbocycles. The van der Waals surface area contributed by atoms with Crippen LogP contribution >= 0.6 is 23.2 Å². The van der Waals surface area contributed by atoms with Crippen LogP contribution in [0.1, 0.15) is 27.2 Å². The fourth-order valence-electron chi connectivity index (χ4n) is 3.16. The molecule has 164 valence electrons. The predicted molar refractivity (Wildman–Crippen MR) is 125 cm³/mol. The van der Waals surface area contributed by atoms with E-state index in [1.807, 2.05) is 56.3 Å². The normalized spacial score (nSPS) is 10.9. The van der Waals surface area contributed by atoms with Crippen molar-refractivity contribution in [3.8, 4) is 5.75 Å². The molecule has 0 bridgehead atoms. The lowest BCUT2D eigenvalue weighted by Gasteiger charge is -2.09. The van der Waals surface area contributed by atoms with Crippen molar-refractivity contribution in [3.05, 3.63) is 93.4 Å². The molecule has 0 spiro atoms. The van der Waals surface area contributed by atoms with Crippen LogP contribution in [0.2, 0.25) is 10.0 Å². The Morgan fingerprint density at radius 3 is 2.56 bits per heavy atom. The first-order valence-corrected chi connectivity index (χ1v) is 10.7. The van der Waals surface area contributed by atoms with E-state index in [-0.39, 0.29) is 18.2 Å². The highest BCUT2D eigenvalue weighted by Crippen LogP contribution is 2.22. The number of ether oxygens (including phenoxy) is 1. The molecule has 0 fully saturated rings. The van der Waals surface area contributed by atoms with Gasteiger partial charge >= 0.3 is 0 Å². The molecular formula is C23H21Cl2N5O2. The van der Waals surface area contributed by atoms with Crippen LogP contribution in [0.5, 0.6) is 5.75 Å². The predicted octanol–water partition coefficient (Wildman–Crippen LogP) is 5.34. The summed E-state index contributed by atoms with van der Waals surface area (Å²) in [6, 6.07) is 15.0. The number of aromatic nitrogens is 4. The molecule has 2 heterocycles. The number of carbonyl (C=O) groups excluding carboxylic acids is 1. The molecule has 0 unspecified atom stereocenters. The van der Waals surface area contributed by atoms with Gasteiger partial charge in [0.2, 0.25) is 0 Å². The Morgan fingerprint density at radius 2 is 1.81 bits per heavy atom. The van der Waals surface area contributed by atoms with E-state index in [1.165, 1.54) is 5.56 Å². The third-order valence-electron chi connectivity index (χ3n) is 4.76. The summed E-state index contributed by atoms with van der Waals surface area (Å²) in [4.78, 5) is 12.6. The molecule has 2 aromatic carbocycles. The molecule has 0 aliphatic carbocycles. The Hall–Kier alpha value is -3.29. The van der Waals surface area contributed by atoms with Crippen molar-refractivity contribution < 1.29 is 9.53 Å². The molecule has 0 atom stereocenters. The standard InChI is InChI=1S/C23H21Cl2N5O2/c1-15-3-8-21(16(2)11-15)32-14-29-10-9-20(27-29)23(31)26-22-19(25)13-30(28-22)12-17-4-6-18(24)7-5-17/h3-11,13H,12,14H2,1-2H3,(H,26,28,31). The third kappa shape index (κ3) is 5.30. The lowest BCUT2D eigenvalue weighted by molar-refractivity contribution is 0.101. The first-order chi connectivity index (χ1) is 15.4. The number of hydrogen-bond donors (Lipinski definition) is 1. The van der Waals surface area contributed by atoms with Crippen molar-refractivity contribution in [2.75, 3.05) is 5.32 Å². The minimum Gasteiger partial charge on any atom is -0.471 e. The fraction of sp³-hybridized carbons (Fsp3) is 0.174. The Kier molecular flexibility index (Phi) is 6.48. The quantitative estimate of drug-likeness (QED) is 0.396. The Morgan fingerprint density at radius 1 is 1.03 bits per heavy atom. The Balaban J connectivity index is 1.37. The highest BCUT2D eigenvalue weighted by molar-refractivity contribution is 6.33. The number of amides is 1. The number of hydrogen-bond acceptors (Lipinski definition) is 4. The van der Waals surface area contributed by atoms with Crippen molar-refractivity contribution in [2.24, 2.45) is 0 Å². The van der Waals surface area contributed by atoms with Crippen LogP contribution in [-0.2, 0) is 13.3 Å². The lowest BCUT2D eigenvalue weighted by Crippen LogP contribution is -2.15. The maximum absolute atomic E-state index is 12.6. The largest absolute Gasteiger partial charge is 0.471 e. The number of nitrogens with one attached hydrogen (secondary N) is 1. The highest BCUT2D eigenvalue weighted by Gasteiger charge is 2.15. The van der Waals surface area contributed by atoms with E-state index in [2.05, 4.69) is 15.5 Å². The van der Waals surface area contributed by atoms with Crippen molar-refractivity contribution in [1.29, 1.82) is 0 Å². The van der Waals surface area contributed by atoms with Crippen molar-refractivity contribution >= 4 is 34.9 Å². The van der Waals surface area contributed by atoms with Crippen molar-refractivity contribution in [1.82, 2.24) is 19.6 Å². The van der Waals surface area contributed by atoms with Gasteiger partial charge in [0.05, 0.1) is 6.54 Å². The van der Waals surface area contributed by atoms with Crippen molar-refractivity contribution in [2.45, 2.75) is 27.1 Å². The van der Waals surface area contributed by atoms with Gasteiger partial charge in [-0.2, -0.15) is 10.2 Å². The van der Waals surface area contributed by atoms with Gasteiger partial charge in [-0.05, 0) is 49.2 Å². The van der Waals surface area contributed by atoms with Gasteiger partial charge in [0, 0.05) is 17.4 Å². The zero-order valence-corrected chi connectivity index (χ0v) is 19.1. The zero-order valence-electron chi connectivity index (χ0n) is 17.5. The number of benzene rings is 2. The van der Waals surface area contributed by atoms with E-state index in [4.69, 9.17) is 27.9 Å². The second kappa shape index (κ2) is 9.46. The zero-order chi connectivity index (χ0) is 22.7. The lowest BCUT2D eigenvalue weighted by atomic mass is 10.1. The van der Waals surface area contributed by atoms with E-state index >= 15 is 0 Å². The molecule has 1 amide bonds. The van der Waals surface area contributed by atoms with Gasteiger partial charge in [0.15, 0.2) is 18.2 Å². The first-order valence-electron chi connectivity index (χ1n) is 9.89. The maximum Gasteiger partial charge on any atom is 0.277 e. The topological polar surface area (TPSA) is 74.0 Å². The van der Waals surface area contributed by atoms with Crippen LogP contribution in [-0.4, -0.2) is 25.5 Å². The molecule has 2 aromatic heterocycles. The average molecular weight is 470 g/mol. The summed E-state index contributed by atoms with van der Waals surface area (Å²) in [5.74, 6) is 0.635. The van der Waals surface area contributed by atoms with Gasteiger partial charge < -0.3 is 10.1 Å². The Labute approximate surface area is 195 Å². The van der Waals surface area contributed by atoms with Crippen LogP contribution in [0.4, 0.5) is 5.82 Å². The van der Waals surface area contributed by atoms with Crippen LogP contribution in [0.3, 0.4) is 0 Å². The summed E-state index contributed by atoms with van der Waals surface area (Å²) < 4.78 is 9.00. The summed E-state index contributed by atoms with van der Waals surface area (Å²) in [5, 5.41) is 12.3. The van der Waals surface area contributed by atoms with E-state index < -0.39 is 5.91 Å². The van der Waals surface area contributed by atoms with Gasteiger partial charge in [-0.3, -0.25) is 9.48 Å². The minimum absolute atomic E-state index is 0.188. The minimum atomic E-state index is -0.408. The van der Waals surface area contributed by atoms with E-state index in [9.17, 15) is 4.79 Å². The highest BCUT2D eigenvalue weighted by atomic mass is 35.5. The molecule has 1 N–H and O–H groups in total. The van der Waals surface area contributed by atoms with E-state index in [0.717, 1.165) is 16.9 Å². The second-order valence-electron chi connectivity index (χ2n) is 7.39. The number of anilines is 1. The number of carbonyl (C=O) groups is 1. The molecule has 0 aliphatic rings. The van der Waals surface area contributed by atoms with Crippen molar-refractivity contribution in [3.63, 3.8) is 0 Å². The maximum atomic E-state index is 12.6. The number of rotatable bonds is 7. The smallest absolute Gasteiger partial charge is 0.277 e. The molecular weight excluding hydrogens is 449 g/mol.